The minimum Gasteiger partial charge on any atom is -0.450 e. The van der Waals surface area contributed by atoms with Crippen LogP contribution in [-0.2, 0) is 4.74 Å². The fourth-order valence-electron chi connectivity index (χ4n) is 2.90. The smallest absolute Gasteiger partial charge is 0.409 e. The standard InChI is InChI=1S/C19H29FN4O3/c1-3-21-18(22-13-17(25)14-5-7-15(20)8-6-14)23-16-9-11-24(12-10-16)19(26)27-4-2/h5-8,16-17,25H,3-4,9-13H2,1-2H3,(H2,21,22,23). The van der Waals surface area contributed by atoms with E-state index in [2.05, 4.69) is 15.6 Å². The molecule has 1 amide bonds. The van der Waals surface area contributed by atoms with Crippen LogP contribution in [-0.4, -0.2) is 60.9 Å². The number of carbonyl (C=O) groups excluding carboxylic acids is 1. The van der Waals surface area contributed by atoms with E-state index < -0.39 is 6.10 Å². The molecule has 3 N–H and O–H groups in total. The SMILES string of the molecule is CCNC(=NCC(O)c1ccc(F)cc1)NC1CCN(C(=O)OCC)CC1. The number of aliphatic hydroxyl groups excluding tert-OH is 1. The number of carbonyl (C=O) groups is 1. The van der Waals surface area contributed by atoms with Crippen LogP contribution in [0.1, 0.15) is 38.4 Å². The molecule has 1 aliphatic heterocycles. The molecule has 2 rings (SSSR count). The molecule has 150 valence electrons. The lowest BCUT2D eigenvalue weighted by molar-refractivity contribution is 0.0963. The molecule has 1 aromatic rings. The molecule has 1 saturated heterocycles. The lowest BCUT2D eigenvalue weighted by Gasteiger charge is -2.32. The number of halogens is 1. The second kappa shape index (κ2) is 10.7. The fraction of sp³-hybridized carbons (Fsp3) is 0.579. The van der Waals surface area contributed by atoms with Crippen LogP contribution in [0.2, 0.25) is 0 Å². The van der Waals surface area contributed by atoms with Gasteiger partial charge in [-0.1, -0.05) is 12.1 Å². The Morgan fingerprint density at radius 2 is 2.00 bits per heavy atom. The summed E-state index contributed by atoms with van der Waals surface area (Å²) in [7, 11) is 0. The molecule has 27 heavy (non-hydrogen) atoms. The highest BCUT2D eigenvalue weighted by Crippen LogP contribution is 2.14. The normalized spacial score (nSPS) is 16.7. The number of aliphatic imine (C=N–C) groups is 1. The number of nitrogens with zero attached hydrogens (tertiary/aromatic N) is 2. The minimum absolute atomic E-state index is 0.169. The van der Waals surface area contributed by atoms with Crippen molar-refractivity contribution in [3.8, 4) is 0 Å². The van der Waals surface area contributed by atoms with Gasteiger partial charge in [-0.2, -0.15) is 0 Å². The Balaban J connectivity index is 1.86. The summed E-state index contributed by atoms with van der Waals surface area (Å²) in [5, 5.41) is 16.8. The molecule has 0 radical (unpaired) electrons. The van der Waals surface area contributed by atoms with E-state index in [4.69, 9.17) is 4.74 Å². The lowest BCUT2D eigenvalue weighted by Crippen LogP contribution is -2.50. The van der Waals surface area contributed by atoms with Crippen LogP contribution in [0.4, 0.5) is 9.18 Å². The first kappa shape index (κ1) is 21.0. The van der Waals surface area contributed by atoms with E-state index in [0.29, 0.717) is 37.8 Å². The van der Waals surface area contributed by atoms with E-state index in [1.165, 1.54) is 12.1 Å². The average Bonchev–Trinajstić information content (AvgIpc) is 2.67. The number of amides is 1. The van der Waals surface area contributed by atoms with Crippen molar-refractivity contribution in [2.45, 2.75) is 38.8 Å². The molecule has 7 nitrogen and oxygen atoms in total. The maximum atomic E-state index is 13.0. The highest BCUT2D eigenvalue weighted by atomic mass is 19.1. The maximum absolute atomic E-state index is 13.0. The molecule has 1 fully saturated rings. The molecule has 0 saturated carbocycles. The minimum atomic E-state index is -0.799. The van der Waals surface area contributed by atoms with Gasteiger partial charge in [-0.3, -0.25) is 4.99 Å². The Hall–Kier alpha value is -2.35. The van der Waals surface area contributed by atoms with Crippen molar-refractivity contribution in [2.24, 2.45) is 4.99 Å². The Morgan fingerprint density at radius 1 is 1.33 bits per heavy atom. The third-order valence-corrected chi connectivity index (χ3v) is 4.38. The summed E-state index contributed by atoms with van der Waals surface area (Å²) < 4.78 is 18.0. The van der Waals surface area contributed by atoms with Crippen LogP contribution in [0.3, 0.4) is 0 Å². The van der Waals surface area contributed by atoms with Gasteiger partial charge < -0.3 is 25.4 Å². The van der Waals surface area contributed by atoms with Crippen molar-refractivity contribution >= 4 is 12.1 Å². The van der Waals surface area contributed by atoms with Gasteiger partial charge in [0.1, 0.15) is 5.82 Å². The number of benzene rings is 1. The number of likely N-dealkylation sites (tertiary alicyclic amines) is 1. The molecule has 1 unspecified atom stereocenters. The fourth-order valence-corrected chi connectivity index (χ4v) is 2.90. The molecule has 0 bridgehead atoms. The van der Waals surface area contributed by atoms with Crippen LogP contribution >= 0.6 is 0 Å². The first-order valence-corrected chi connectivity index (χ1v) is 9.43. The Kier molecular flexibility index (Phi) is 8.32. The van der Waals surface area contributed by atoms with Gasteiger partial charge in [-0.05, 0) is 44.4 Å². The first-order chi connectivity index (χ1) is 13.0. The van der Waals surface area contributed by atoms with Crippen LogP contribution in [0.5, 0.6) is 0 Å². The first-order valence-electron chi connectivity index (χ1n) is 9.43. The molecular formula is C19H29FN4O3. The highest BCUT2D eigenvalue weighted by molar-refractivity contribution is 5.80. The quantitative estimate of drug-likeness (QED) is 0.519. The van der Waals surface area contributed by atoms with Crippen molar-refractivity contribution in [1.82, 2.24) is 15.5 Å². The number of guanidine groups is 1. The van der Waals surface area contributed by atoms with Gasteiger partial charge in [0.2, 0.25) is 0 Å². The van der Waals surface area contributed by atoms with E-state index in [1.54, 1.807) is 24.0 Å². The van der Waals surface area contributed by atoms with Crippen LogP contribution in [0.25, 0.3) is 0 Å². The van der Waals surface area contributed by atoms with E-state index in [-0.39, 0.29) is 24.5 Å². The molecule has 0 aromatic heterocycles. The molecule has 1 aliphatic rings. The van der Waals surface area contributed by atoms with Gasteiger partial charge in [-0.25, -0.2) is 9.18 Å². The number of rotatable bonds is 6. The summed E-state index contributed by atoms with van der Waals surface area (Å²) >= 11 is 0. The van der Waals surface area contributed by atoms with Crippen LogP contribution < -0.4 is 10.6 Å². The summed E-state index contributed by atoms with van der Waals surface area (Å²) in [6, 6.07) is 5.95. The van der Waals surface area contributed by atoms with Crippen molar-refractivity contribution in [3.05, 3.63) is 35.6 Å². The van der Waals surface area contributed by atoms with Gasteiger partial charge in [-0.15, -0.1) is 0 Å². The third kappa shape index (κ3) is 6.71. The van der Waals surface area contributed by atoms with Gasteiger partial charge in [0.25, 0.3) is 0 Å². The Bertz CT molecular complexity index is 616. The van der Waals surface area contributed by atoms with E-state index in [1.807, 2.05) is 6.92 Å². The zero-order chi connectivity index (χ0) is 19.6. The number of hydrogen-bond acceptors (Lipinski definition) is 4. The Labute approximate surface area is 159 Å². The molecule has 0 aliphatic carbocycles. The molecule has 0 spiro atoms. The topological polar surface area (TPSA) is 86.2 Å². The van der Waals surface area contributed by atoms with Crippen LogP contribution in [0, 0.1) is 5.82 Å². The summed E-state index contributed by atoms with van der Waals surface area (Å²) in [5.41, 5.74) is 0.624. The summed E-state index contributed by atoms with van der Waals surface area (Å²) in [4.78, 5) is 17.9. The van der Waals surface area contributed by atoms with Gasteiger partial charge in [0, 0.05) is 25.7 Å². The van der Waals surface area contributed by atoms with E-state index in [0.717, 1.165) is 12.8 Å². The summed E-state index contributed by atoms with van der Waals surface area (Å²) in [6.07, 6.45) is 0.527. The average molecular weight is 380 g/mol. The summed E-state index contributed by atoms with van der Waals surface area (Å²) in [5.74, 6) is 0.284. The number of nitrogens with one attached hydrogen (secondary N) is 2. The largest absolute Gasteiger partial charge is 0.450 e. The molecule has 1 heterocycles. The zero-order valence-electron chi connectivity index (χ0n) is 15.9. The second-order valence-electron chi connectivity index (χ2n) is 6.39. The van der Waals surface area contributed by atoms with Gasteiger partial charge in [0.05, 0.1) is 19.3 Å². The maximum Gasteiger partial charge on any atom is 0.409 e. The highest BCUT2D eigenvalue weighted by Gasteiger charge is 2.24. The monoisotopic (exact) mass is 380 g/mol. The second-order valence-corrected chi connectivity index (χ2v) is 6.39. The lowest BCUT2D eigenvalue weighted by atomic mass is 10.1. The third-order valence-electron chi connectivity index (χ3n) is 4.38. The molecule has 8 heteroatoms. The number of hydrogen-bond donors (Lipinski definition) is 3. The van der Waals surface area contributed by atoms with Gasteiger partial charge >= 0.3 is 6.09 Å². The van der Waals surface area contributed by atoms with Crippen molar-refractivity contribution in [1.29, 1.82) is 0 Å². The molecule has 1 aromatic carbocycles. The van der Waals surface area contributed by atoms with Gasteiger partial charge in [0.15, 0.2) is 5.96 Å². The number of aliphatic hydroxyl groups is 1. The number of piperidine rings is 1. The van der Waals surface area contributed by atoms with Crippen LogP contribution in [0.15, 0.2) is 29.3 Å². The number of ether oxygens (including phenoxy) is 1. The van der Waals surface area contributed by atoms with E-state index in [9.17, 15) is 14.3 Å². The molecular weight excluding hydrogens is 351 g/mol. The van der Waals surface area contributed by atoms with Crippen molar-refractivity contribution in [2.75, 3.05) is 32.8 Å². The summed E-state index contributed by atoms with van der Waals surface area (Å²) in [6.45, 7) is 6.28. The predicted molar refractivity (Wildman–Crippen MR) is 102 cm³/mol. The predicted octanol–water partition coefficient (Wildman–Crippen LogP) is 2.04. The van der Waals surface area contributed by atoms with E-state index >= 15 is 0 Å². The Morgan fingerprint density at radius 3 is 2.59 bits per heavy atom. The zero-order valence-corrected chi connectivity index (χ0v) is 15.9. The molecule has 1 atom stereocenters. The van der Waals surface area contributed by atoms with Crippen molar-refractivity contribution < 1.29 is 19.0 Å². The van der Waals surface area contributed by atoms with Crippen molar-refractivity contribution in [3.63, 3.8) is 0 Å².